The van der Waals surface area contributed by atoms with Crippen LogP contribution >= 0.6 is 22.7 Å². The van der Waals surface area contributed by atoms with Crippen molar-refractivity contribution in [2.45, 2.75) is 32.8 Å². The Labute approximate surface area is 166 Å². The molecule has 1 unspecified atom stereocenters. The minimum absolute atomic E-state index is 0.0463. The number of nitrogens with one attached hydrogen (secondary N) is 1. The minimum Gasteiger partial charge on any atom is -0.452 e. The highest BCUT2D eigenvalue weighted by atomic mass is 32.1. The first-order valence-corrected chi connectivity index (χ1v) is 10.4. The van der Waals surface area contributed by atoms with Crippen LogP contribution in [0.4, 0.5) is 5.69 Å². The van der Waals surface area contributed by atoms with Gasteiger partial charge in [-0.3, -0.25) is 9.59 Å². The largest absolute Gasteiger partial charge is 0.452 e. The molecule has 0 bridgehead atoms. The Morgan fingerprint density at radius 2 is 1.96 bits per heavy atom. The van der Waals surface area contributed by atoms with Crippen molar-refractivity contribution in [1.82, 2.24) is 4.98 Å². The fourth-order valence-electron chi connectivity index (χ4n) is 2.41. The van der Waals surface area contributed by atoms with Gasteiger partial charge in [0.1, 0.15) is 5.01 Å². The fraction of sp³-hybridized carbons (Fsp3) is 0.250. The van der Waals surface area contributed by atoms with Gasteiger partial charge >= 0.3 is 5.97 Å². The van der Waals surface area contributed by atoms with E-state index in [0.29, 0.717) is 11.4 Å². The highest BCUT2D eigenvalue weighted by molar-refractivity contribution is 7.20. The summed E-state index contributed by atoms with van der Waals surface area (Å²) >= 11 is 3.10. The molecule has 0 radical (unpaired) electrons. The molecule has 0 aliphatic rings. The monoisotopic (exact) mass is 400 g/mol. The number of benzene rings is 1. The fourth-order valence-corrected chi connectivity index (χ4v) is 4.04. The molecule has 2 aromatic heterocycles. The number of thiazole rings is 1. The summed E-state index contributed by atoms with van der Waals surface area (Å²) in [5, 5.41) is 7.47. The molecule has 0 saturated carbocycles. The van der Waals surface area contributed by atoms with Gasteiger partial charge in [-0.05, 0) is 42.5 Å². The van der Waals surface area contributed by atoms with E-state index in [1.807, 2.05) is 47.2 Å². The predicted octanol–water partition coefficient (Wildman–Crippen LogP) is 4.55. The number of rotatable bonds is 7. The lowest BCUT2D eigenvalue weighted by Gasteiger charge is -2.13. The minimum atomic E-state index is -0.876. The van der Waals surface area contributed by atoms with Crippen LogP contribution in [-0.2, 0) is 27.2 Å². The lowest BCUT2D eigenvalue weighted by Crippen LogP contribution is -2.30. The molecular formula is C20H20N2O3S2. The number of aromatic nitrogens is 1. The summed E-state index contributed by atoms with van der Waals surface area (Å²) in [6, 6.07) is 11.6. The number of hydrogen-bond donors (Lipinski definition) is 1. The van der Waals surface area contributed by atoms with Crippen molar-refractivity contribution in [3.05, 3.63) is 58.4 Å². The number of nitrogens with zero attached hydrogens (tertiary/aromatic N) is 1. The molecule has 1 amide bonds. The van der Waals surface area contributed by atoms with E-state index < -0.39 is 12.1 Å². The van der Waals surface area contributed by atoms with Crippen molar-refractivity contribution < 1.29 is 14.3 Å². The number of ether oxygens (including phenoxy) is 1. The molecule has 1 aromatic carbocycles. The summed E-state index contributed by atoms with van der Waals surface area (Å²) in [4.78, 5) is 29.9. The molecule has 2 heterocycles. The molecular weight excluding hydrogens is 380 g/mol. The van der Waals surface area contributed by atoms with Crippen LogP contribution in [0.25, 0.3) is 9.88 Å². The zero-order valence-electron chi connectivity index (χ0n) is 15.1. The molecule has 3 aromatic rings. The van der Waals surface area contributed by atoms with Crippen molar-refractivity contribution in [1.29, 1.82) is 0 Å². The third kappa shape index (κ3) is 5.24. The molecule has 5 nitrogen and oxygen atoms in total. The van der Waals surface area contributed by atoms with E-state index in [4.69, 9.17) is 4.74 Å². The average molecular weight is 401 g/mol. The first-order chi connectivity index (χ1) is 13.0. The second-order valence-corrected chi connectivity index (χ2v) is 7.78. The lowest BCUT2D eigenvalue weighted by molar-refractivity contribution is -0.152. The molecule has 1 N–H and O–H groups in total. The topological polar surface area (TPSA) is 68.3 Å². The second kappa shape index (κ2) is 8.92. The predicted molar refractivity (Wildman–Crippen MR) is 109 cm³/mol. The Kier molecular flexibility index (Phi) is 6.36. The number of hydrogen-bond acceptors (Lipinski definition) is 6. The van der Waals surface area contributed by atoms with Crippen LogP contribution in [0.2, 0.25) is 0 Å². The van der Waals surface area contributed by atoms with Crippen LogP contribution < -0.4 is 5.32 Å². The summed E-state index contributed by atoms with van der Waals surface area (Å²) in [6.45, 7) is 3.63. The number of esters is 1. The van der Waals surface area contributed by atoms with Crippen molar-refractivity contribution in [2.75, 3.05) is 5.32 Å². The summed E-state index contributed by atoms with van der Waals surface area (Å²) in [5.41, 5.74) is 2.52. The van der Waals surface area contributed by atoms with E-state index in [0.717, 1.165) is 16.3 Å². The maximum absolute atomic E-state index is 12.2. The number of thiophene rings is 1. The van der Waals surface area contributed by atoms with Gasteiger partial charge in [0.2, 0.25) is 0 Å². The molecule has 0 saturated heterocycles. The molecule has 3 rings (SSSR count). The summed E-state index contributed by atoms with van der Waals surface area (Å²) in [7, 11) is 0. The molecule has 27 heavy (non-hydrogen) atoms. The van der Waals surface area contributed by atoms with Gasteiger partial charge in [-0.1, -0.05) is 25.1 Å². The average Bonchev–Trinajstić information content (AvgIpc) is 3.33. The first-order valence-electron chi connectivity index (χ1n) is 8.62. The summed E-state index contributed by atoms with van der Waals surface area (Å²) < 4.78 is 5.25. The van der Waals surface area contributed by atoms with Gasteiger partial charge in [0.15, 0.2) is 6.10 Å². The van der Waals surface area contributed by atoms with Crippen molar-refractivity contribution in [3.8, 4) is 9.88 Å². The van der Waals surface area contributed by atoms with Crippen LogP contribution in [0.15, 0.2) is 47.2 Å². The zero-order chi connectivity index (χ0) is 19.2. The van der Waals surface area contributed by atoms with Crippen LogP contribution in [0.3, 0.4) is 0 Å². The van der Waals surface area contributed by atoms with Gasteiger partial charge in [-0.2, -0.15) is 0 Å². The number of carbonyl (C=O) groups excluding carboxylic acids is 2. The smallest absolute Gasteiger partial charge is 0.312 e. The molecule has 140 valence electrons. The molecule has 0 fully saturated rings. The van der Waals surface area contributed by atoms with E-state index in [9.17, 15) is 9.59 Å². The lowest BCUT2D eigenvalue weighted by atomic mass is 10.1. The molecule has 0 aliphatic heterocycles. The Bertz CT molecular complexity index is 902. The van der Waals surface area contributed by atoms with Gasteiger partial charge in [0.05, 0.1) is 17.0 Å². The Morgan fingerprint density at radius 1 is 1.19 bits per heavy atom. The number of amides is 1. The third-order valence-electron chi connectivity index (χ3n) is 3.92. The van der Waals surface area contributed by atoms with Gasteiger partial charge in [0, 0.05) is 11.1 Å². The van der Waals surface area contributed by atoms with Crippen molar-refractivity contribution in [2.24, 2.45) is 0 Å². The highest BCUT2D eigenvalue weighted by Crippen LogP contribution is 2.28. The standard InChI is InChI=1S/C20H20N2O3S2/c1-3-14-6-8-15(9-7-14)21-19(24)13(2)25-18(23)11-16-12-27-20(22-16)17-5-4-10-26-17/h4-10,12-13H,3,11H2,1-2H3,(H,21,24). The number of aryl methyl sites for hydroxylation is 1. The van der Waals surface area contributed by atoms with Crippen LogP contribution in [-0.4, -0.2) is 23.0 Å². The molecule has 7 heteroatoms. The van der Waals surface area contributed by atoms with E-state index in [-0.39, 0.29) is 12.3 Å². The zero-order valence-corrected chi connectivity index (χ0v) is 16.7. The maximum atomic E-state index is 12.2. The van der Waals surface area contributed by atoms with E-state index in [2.05, 4.69) is 17.2 Å². The molecule has 0 aliphatic carbocycles. The normalized spacial score (nSPS) is 11.8. The number of carbonyl (C=O) groups is 2. The Morgan fingerprint density at radius 3 is 2.63 bits per heavy atom. The van der Waals surface area contributed by atoms with Crippen LogP contribution in [0.1, 0.15) is 25.1 Å². The van der Waals surface area contributed by atoms with E-state index in [1.165, 1.54) is 16.9 Å². The first kappa shape index (κ1) is 19.3. The van der Waals surface area contributed by atoms with Gasteiger partial charge in [0.25, 0.3) is 5.91 Å². The van der Waals surface area contributed by atoms with E-state index in [1.54, 1.807) is 18.3 Å². The van der Waals surface area contributed by atoms with Gasteiger partial charge < -0.3 is 10.1 Å². The van der Waals surface area contributed by atoms with Crippen LogP contribution in [0, 0.1) is 0 Å². The van der Waals surface area contributed by atoms with E-state index >= 15 is 0 Å². The van der Waals surface area contributed by atoms with Gasteiger partial charge in [-0.15, -0.1) is 22.7 Å². The SMILES string of the molecule is CCc1ccc(NC(=O)C(C)OC(=O)Cc2csc(-c3cccs3)n2)cc1. The van der Waals surface area contributed by atoms with Crippen LogP contribution in [0.5, 0.6) is 0 Å². The van der Waals surface area contributed by atoms with Crippen molar-refractivity contribution >= 4 is 40.2 Å². The quantitative estimate of drug-likeness (QED) is 0.591. The molecule has 0 spiro atoms. The van der Waals surface area contributed by atoms with Gasteiger partial charge in [-0.25, -0.2) is 4.98 Å². The summed E-state index contributed by atoms with van der Waals surface area (Å²) in [6.07, 6.45) is 0.108. The Balaban J connectivity index is 1.51. The second-order valence-electron chi connectivity index (χ2n) is 5.97. The molecule has 1 atom stereocenters. The summed E-state index contributed by atoms with van der Waals surface area (Å²) in [5.74, 6) is -0.827. The number of anilines is 1. The maximum Gasteiger partial charge on any atom is 0.312 e. The highest BCUT2D eigenvalue weighted by Gasteiger charge is 2.19. The van der Waals surface area contributed by atoms with Crippen molar-refractivity contribution in [3.63, 3.8) is 0 Å². The third-order valence-corrected chi connectivity index (χ3v) is 5.85. The Hall–Kier alpha value is -2.51.